The fourth-order valence-electron chi connectivity index (χ4n) is 14.6. The molecule has 9 aromatic carbocycles. The number of rotatable bonds is 20. The number of halogens is 12. The number of hydrogen-bond donors (Lipinski definition) is 5. The van der Waals surface area contributed by atoms with Crippen molar-refractivity contribution in [1.29, 1.82) is 10.5 Å². The molecule has 42 heteroatoms. The maximum Gasteiger partial charge on any atom is 0.416 e. The number of aromatic nitrogens is 14. The van der Waals surface area contributed by atoms with E-state index in [1.54, 1.807) is 93.9 Å². The van der Waals surface area contributed by atoms with E-state index in [0.29, 0.717) is 112 Å². The molecule has 5 N–H and O–H groups in total. The standard InChI is InChI=1S/C21H16N4O2.C20H13ClF3N3OS.C20H13F4N3OS.C20H15N5OS.C19H12ClF3N6O/c1-14-17(10-11-27-14)21(26)23-20-18-4-2-3-5-19(18)25(24-20)13-16-8-6-15(12-22)7-9-16;21-17-15(9-10-29-17)19(28)25-18-14-3-1-2-4-16(14)27(26-18)11-12-5-7-13(8-6-12)20(22,23)24;21-15-9-10-29-17(15)19(28)25-18-14-3-1-2-4-16(14)27(26-18)11-12-5-7-13(8-6-12)20(22,23)24;1-13-18(27-12-22-13)20(26)23-19-16-4-2-3-5-17(16)25(24-19)11-15-8-6-14(10-21)7-9-15;20-13-8-24-9-15-16(13)17(26-18(30)14-2-1-7-25-27-14)28-29(15)10-11-3-5-12(6-4-11)19(21,22)23/h2-11H,13H2,1H3,(H,23,24,26);2*1-10H,11H2,(H,25,26,28);2-9,12H,11H2,1H3,(H,23,24,26);1-9H,10H2,(H,26,28,30). The number of nitrogens with zero attached hydrogens (tertiary/aromatic N) is 16. The summed E-state index contributed by atoms with van der Waals surface area (Å²) in [5.41, 5.74) is 10.1. The summed E-state index contributed by atoms with van der Waals surface area (Å²) in [6, 6.07) is 70.9. The number of nitriles is 2. The number of pyridine rings is 1. The first-order valence-electron chi connectivity index (χ1n) is 42.3. The molecule has 0 fully saturated rings. The minimum absolute atomic E-state index is 0.0497. The van der Waals surface area contributed by atoms with Gasteiger partial charge >= 0.3 is 18.5 Å². The maximum absolute atomic E-state index is 13.7. The maximum atomic E-state index is 13.7. The highest BCUT2D eigenvalue weighted by Gasteiger charge is 2.33. The fraction of sp³-hybridized carbons (Fsp3) is 0.100. The van der Waals surface area contributed by atoms with Crippen LogP contribution in [0.4, 0.5) is 73.0 Å². The molecule has 11 aromatic heterocycles. The number of thiophene rings is 2. The summed E-state index contributed by atoms with van der Waals surface area (Å²) in [6.07, 6.45) is -7.34. The van der Waals surface area contributed by atoms with Gasteiger partial charge in [0.05, 0.1) is 145 Å². The second kappa shape index (κ2) is 43.0. The third kappa shape index (κ3) is 23.2. The molecule has 0 aliphatic carbocycles. The highest BCUT2D eigenvalue weighted by atomic mass is 35.5. The van der Waals surface area contributed by atoms with Crippen molar-refractivity contribution in [1.82, 2.24) is 69.1 Å². The molecular weight excluding hydrogens is 1950 g/mol. The van der Waals surface area contributed by atoms with Gasteiger partial charge in [-0.2, -0.15) is 80.6 Å². The molecular formula is C100H69Cl2F10N21O6S3. The number of anilines is 5. The number of fused-ring (bicyclic) bond motifs is 5. The number of hydrogen-bond acceptors (Lipinski definition) is 20. The van der Waals surface area contributed by atoms with Crippen LogP contribution in [0.1, 0.15) is 118 Å². The Hall–Kier alpha value is -16.9. The summed E-state index contributed by atoms with van der Waals surface area (Å²) >= 11 is 15.8. The minimum Gasteiger partial charge on any atom is -0.469 e. The Morgan fingerprint density at radius 1 is 0.401 bits per heavy atom. The number of para-hydroxylation sites is 4. The second-order valence-electron chi connectivity index (χ2n) is 31.1. The fourth-order valence-corrected chi connectivity index (χ4v) is 17.1. The number of benzene rings is 9. The van der Waals surface area contributed by atoms with Crippen LogP contribution in [-0.2, 0) is 51.3 Å². The van der Waals surface area contributed by atoms with Crippen LogP contribution in [0.15, 0.2) is 294 Å². The predicted octanol–water partition coefficient (Wildman–Crippen LogP) is 23.9. The number of furan rings is 1. The molecule has 0 aliphatic rings. The molecule has 0 atom stereocenters. The summed E-state index contributed by atoms with van der Waals surface area (Å²) < 4.78 is 142. The van der Waals surface area contributed by atoms with Crippen molar-refractivity contribution in [2.45, 2.75) is 65.1 Å². The molecule has 142 heavy (non-hydrogen) atoms. The third-order valence-corrected chi connectivity index (χ3v) is 24.9. The number of amides is 5. The Morgan fingerprint density at radius 3 is 1.13 bits per heavy atom. The zero-order chi connectivity index (χ0) is 100. The Balaban J connectivity index is 0.000000128. The molecule has 0 unspecified atom stereocenters. The van der Waals surface area contributed by atoms with Crippen LogP contribution in [0.5, 0.6) is 0 Å². The van der Waals surface area contributed by atoms with E-state index in [1.807, 2.05) is 113 Å². The molecule has 20 aromatic rings. The van der Waals surface area contributed by atoms with E-state index in [0.717, 1.165) is 91.6 Å². The van der Waals surface area contributed by atoms with Crippen molar-refractivity contribution in [2.75, 3.05) is 26.6 Å². The summed E-state index contributed by atoms with van der Waals surface area (Å²) in [5, 5.41) is 68.5. The number of nitrogens with one attached hydrogen (secondary N) is 5. The van der Waals surface area contributed by atoms with Crippen molar-refractivity contribution in [3.8, 4) is 12.1 Å². The second-order valence-corrected chi connectivity index (χ2v) is 34.8. The zero-order valence-corrected chi connectivity index (χ0v) is 77.6. The number of alkyl halides is 9. The first-order valence-corrected chi connectivity index (χ1v) is 45.7. The van der Waals surface area contributed by atoms with Crippen molar-refractivity contribution >= 4 is 170 Å². The molecule has 0 saturated heterocycles. The lowest BCUT2D eigenvalue weighted by Crippen LogP contribution is -2.15. The van der Waals surface area contributed by atoms with E-state index in [-0.39, 0.29) is 64.6 Å². The van der Waals surface area contributed by atoms with Crippen LogP contribution in [0, 0.1) is 42.3 Å². The first kappa shape index (κ1) is 98.1. The Morgan fingerprint density at radius 2 is 0.775 bits per heavy atom. The molecule has 0 radical (unpaired) electrons. The number of aryl methyl sites for hydroxylation is 2. The van der Waals surface area contributed by atoms with Gasteiger partial charge in [-0.1, -0.05) is 132 Å². The smallest absolute Gasteiger partial charge is 0.416 e. The zero-order valence-electron chi connectivity index (χ0n) is 73.6. The SMILES string of the molecule is Cc1ncsc1C(=O)Nc1nn(Cc2ccc(C#N)cc2)c2ccccc12.Cc1occc1C(=O)Nc1nn(Cc2ccc(C#N)cc2)c2ccccc12.O=C(Nc1nn(Cc2ccc(C(F)(F)F)cc2)c2ccccc12)c1ccsc1Cl.O=C(Nc1nn(Cc2ccc(C(F)(F)F)cc2)c2ccccc12)c1sccc1F.O=C(Nc1nn(Cc2ccc(C(F)(F)F)cc2)c2cncc(Cl)c12)c1cccnn1. The number of carbonyl (C=O) groups is 5. The molecule has 0 aliphatic heterocycles. The molecule has 20 rings (SSSR count). The topological polar surface area (TPSA) is 347 Å². The Bertz CT molecular complexity index is 7730. The lowest BCUT2D eigenvalue weighted by molar-refractivity contribution is -0.138. The van der Waals surface area contributed by atoms with Crippen LogP contribution in [0.3, 0.4) is 0 Å². The van der Waals surface area contributed by atoms with E-state index >= 15 is 0 Å². The van der Waals surface area contributed by atoms with Gasteiger partial charge in [0.2, 0.25) is 0 Å². The van der Waals surface area contributed by atoms with Crippen molar-refractivity contribution < 1.29 is 72.3 Å². The van der Waals surface area contributed by atoms with E-state index in [1.165, 1.54) is 106 Å². The Labute approximate surface area is 819 Å². The highest BCUT2D eigenvalue weighted by Crippen LogP contribution is 2.38. The number of thiazole rings is 1. The van der Waals surface area contributed by atoms with Crippen LogP contribution in [-0.4, -0.2) is 98.6 Å². The van der Waals surface area contributed by atoms with Crippen LogP contribution in [0.2, 0.25) is 9.36 Å². The van der Waals surface area contributed by atoms with Crippen molar-refractivity contribution in [3.05, 3.63) is 399 Å². The lowest BCUT2D eigenvalue weighted by atomic mass is 10.1. The van der Waals surface area contributed by atoms with Gasteiger partial charge in [0.1, 0.15) is 25.7 Å². The largest absolute Gasteiger partial charge is 0.469 e. The van der Waals surface area contributed by atoms with Crippen molar-refractivity contribution in [3.63, 3.8) is 0 Å². The van der Waals surface area contributed by atoms with Gasteiger partial charge in [0.15, 0.2) is 34.8 Å². The molecule has 0 saturated carbocycles. The summed E-state index contributed by atoms with van der Waals surface area (Å²) in [4.78, 5) is 71.1. The normalized spacial score (nSPS) is 11.3. The van der Waals surface area contributed by atoms with Crippen molar-refractivity contribution in [2.24, 2.45) is 0 Å². The molecule has 5 amide bonds. The first-order chi connectivity index (χ1) is 68.3. The molecule has 0 bridgehead atoms. The Kier molecular flexibility index (Phi) is 29.7. The van der Waals surface area contributed by atoms with Gasteiger partial charge in [-0.15, -0.1) is 39.1 Å². The van der Waals surface area contributed by atoms with Gasteiger partial charge in [-0.25, -0.2) is 9.37 Å². The van der Waals surface area contributed by atoms with Gasteiger partial charge in [-0.3, -0.25) is 52.4 Å². The van der Waals surface area contributed by atoms with E-state index in [9.17, 15) is 67.9 Å². The van der Waals surface area contributed by atoms with Crippen LogP contribution >= 0.6 is 57.2 Å². The van der Waals surface area contributed by atoms with Gasteiger partial charge in [-0.05, 0) is 192 Å². The monoisotopic (exact) mass is 2020 g/mol. The number of carbonyl (C=O) groups excluding carboxylic acids is 5. The van der Waals surface area contributed by atoms with Crippen LogP contribution in [0.25, 0.3) is 54.5 Å². The molecule has 712 valence electrons. The summed E-state index contributed by atoms with van der Waals surface area (Å²) in [6.45, 7) is 5.26. The molecule has 27 nitrogen and oxygen atoms in total. The quantitative estimate of drug-likeness (QED) is 0.0443. The van der Waals surface area contributed by atoms with E-state index in [4.69, 9.17) is 38.1 Å². The lowest BCUT2D eigenvalue weighted by Gasteiger charge is -2.08. The summed E-state index contributed by atoms with van der Waals surface area (Å²) in [7, 11) is 0. The van der Waals surface area contributed by atoms with Gasteiger partial charge < -0.3 is 31.0 Å². The highest BCUT2D eigenvalue weighted by molar-refractivity contribution is 7.14. The minimum atomic E-state index is -4.41. The average Bonchev–Trinajstić information content (AvgIpc) is 1.62. The average molecular weight is 2020 g/mol. The van der Waals surface area contributed by atoms with Gasteiger partial charge in [0.25, 0.3) is 29.5 Å². The molecule has 11 heterocycles. The molecule has 0 spiro atoms. The summed E-state index contributed by atoms with van der Waals surface area (Å²) in [5.74, 6) is -0.193. The predicted molar refractivity (Wildman–Crippen MR) is 519 cm³/mol. The van der Waals surface area contributed by atoms with Gasteiger partial charge in [0, 0.05) is 33.9 Å². The van der Waals surface area contributed by atoms with E-state index < -0.39 is 52.9 Å². The van der Waals surface area contributed by atoms with E-state index in [2.05, 4.69) is 84.4 Å². The third-order valence-electron chi connectivity index (χ3n) is 21.6. The van der Waals surface area contributed by atoms with Crippen LogP contribution < -0.4 is 26.6 Å².